The predicted molar refractivity (Wildman–Crippen MR) is 160 cm³/mol. The summed E-state index contributed by atoms with van der Waals surface area (Å²) in [7, 11) is -4.47. The van der Waals surface area contributed by atoms with Crippen LogP contribution in [0, 0.1) is 0 Å². The van der Waals surface area contributed by atoms with Gasteiger partial charge in [0.1, 0.15) is 11.4 Å². The van der Waals surface area contributed by atoms with Gasteiger partial charge in [0.25, 0.3) is 5.91 Å². The number of carbonyl (C=O) groups excluding carboxylic acids is 2. The largest absolute Gasteiger partial charge is 0.534 e. The van der Waals surface area contributed by atoms with Crippen LogP contribution in [0.25, 0.3) is 22.0 Å². The number of benzene rings is 3. The average Bonchev–Trinajstić information content (AvgIpc) is 3.37. The van der Waals surface area contributed by atoms with Crippen molar-refractivity contribution in [2.75, 3.05) is 13.7 Å². The van der Waals surface area contributed by atoms with E-state index in [-0.39, 0.29) is 24.2 Å². The van der Waals surface area contributed by atoms with Crippen LogP contribution in [0.2, 0.25) is 0 Å². The van der Waals surface area contributed by atoms with Crippen LogP contribution in [0.4, 0.5) is 13.2 Å². The van der Waals surface area contributed by atoms with Gasteiger partial charge >= 0.3 is 21.6 Å². The van der Waals surface area contributed by atoms with Crippen LogP contribution in [-0.4, -0.2) is 54.8 Å². The van der Waals surface area contributed by atoms with Crippen LogP contribution in [0.3, 0.4) is 0 Å². The monoisotopic (exact) mass is 647 g/mol. The van der Waals surface area contributed by atoms with Gasteiger partial charge in [-0.05, 0) is 74.4 Å². The smallest absolute Gasteiger partial charge is 0.497 e. The molecule has 0 aliphatic rings. The summed E-state index contributed by atoms with van der Waals surface area (Å²) in [4.78, 5) is 24.5. The third-order valence-electron chi connectivity index (χ3n) is 6.58. The Bertz CT molecular complexity index is 1810. The summed E-state index contributed by atoms with van der Waals surface area (Å²) < 4.78 is 79.7. The Kier molecular flexibility index (Phi) is 9.47. The summed E-state index contributed by atoms with van der Waals surface area (Å²) in [5.74, 6) is -0.910. The van der Waals surface area contributed by atoms with E-state index in [1.54, 1.807) is 70.2 Å². The van der Waals surface area contributed by atoms with E-state index in [0.29, 0.717) is 16.9 Å². The van der Waals surface area contributed by atoms with Gasteiger partial charge in [-0.15, -0.1) is 0 Å². The molecule has 0 bridgehead atoms. The average molecular weight is 648 g/mol. The van der Waals surface area contributed by atoms with Crippen molar-refractivity contribution < 1.29 is 44.8 Å². The van der Waals surface area contributed by atoms with Gasteiger partial charge in [-0.2, -0.15) is 26.7 Å². The third-order valence-corrected chi connectivity index (χ3v) is 7.54. The van der Waals surface area contributed by atoms with Crippen LogP contribution in [0.5, 0.6) is 11.6 Å². The molecular weight excluding hydrogens is 615 g/mol. The number of esters is 1. The molecule has 0 radical (unpaired) electrons. The molecule has 10 nitrogen and oxygen atoms in total. The van der Waals surface area contributed by atoms with Crippen LogP contribution in [0.15, 0.2) is 66.7 Å². The SMILES string of the molecule is COc1ccc2cc(-c3cc(OS(=O)(=O)C(F)(F)F)n(C(C)c4ccc(C(=O)NCCC(=O)OC(C)(C)C)cc4)n3)ccc2c1. The van der Waals surface area contributed by atoms with Crippen molar-refractivity contribution in [3.8, 4) is 22.9 Å². The van der Waals surface area contributed by atoms with E-state index in [4.69, 9.17) is 9.47 Å². The lowest BCUT2D eigenvalue weighted by atomic mass is 10.0. The summed E-state index contributed by atoms with van der Waals surface area (Å²) >= 11 is 0. The molecule has 0 saturated heterocycles. The van der Waals surface area contributed by atoms with Crippen LogP contribution >= 0.6 is 0 Å². The molecule has 240 valence electrons. The predicted octanol–water partition coefficient (Wildman–Crippen LogP) is 6.01. The van der Waals surface area contributed by atoms with E-state index in [0.717, 1.165) is 21.5 Å². The van der Waals surface area contributed by atoms with E-state index in [1.807, 2.05) is 6.07 Å². The van der Waals surface area contributed by atoms with E-state index in [1.165, 1.54) is 19.2 Å². The molecule has 0 saturated carbocycles. The summed E-state index contributed by atoms with van der Waals surface area (Å²) in [6.07, 6.45) is -0.0191. The fraction of sp³-hybridized carbons (Fsp3) is 0.323. The number of nitrogens with zero attached hydrogens (tertiary/aromatic N) is 2. The third kappa shape index (κ3) is 8.12. The van der Waals surface area contributed by atoms with Crippen LogP contribution < -0.4 is 14.2 Å². The molecule has 1 heterocycles. The molecule has 4 aromatic rings. The van der Waals surface area contributed by atoms with Crippen molar-refractivity contribution in [1.82, 2.24) is 15.1 Å². The molecule has 45 heavy (non-hydrogen) atoms. The molecule has 1 atom stereocenters. The van der Waals surface area contributed by atoms with Gasteiger partial charge in [0, 0.05) is 23.7 Å². The Morgan fingerprint density at radius 3 is 2.22 bits per heavy atom. The molecule has 14 heteroatoms. The Labute approximate surface area is 258 Å². The van der Waals surface area contributed by atoms with E-state index < -0.39 is 45.0 Å². The summed E-state index contributed by atoms with van der Waals surface area (Å²) in [5, 5.41) is 8.68. The summed E-state index contributed by atoms with van der Waals surface area (Å²) in [6.45, 7) is 6.86. The highest BCUT2D eigenvalue weighted by molar-refractivity contribution is 7.87. The maximum absolute atomic E-state index is 13.2. The number of amides is 1. The Balaban J connectivity index is 1.59. The van der Waals surface area contributed by atoms with Crippen LogP contribution in [-0.2, 0) is 19.6 Å². The number of methoxy groups -OCH3 is 1. The highest BCUT2D eigenvalue weighted by Crippen LogP contribution is 2.34. The standard InChI is InChI=1S/C31H32F3N3O7S/c1-19(20-6-8-21(9-7-20)29(39)35-15-14-28(38)43-30(2,3)4)37-27(44-45(40,41)31(32,33)34)18-26(36-37)24-11-10-23-17-25(42-5)13-12-22(23)16-24/h6-13,16-19H,14-15H2,1-5H3,(H,35,39). The van der Waals surface area contributed by atoms with E-state index >= 15 is 0 Å². The number of hydrogen-bond donors (Lipinski definition) is 1. The minimum absolute atomic E-state index is 0.0191. The Hall–Kier alpha value is -4.59. The maximum atomic E-state index is 13.2. The number of carbonyl (C=O) groups is 2. The number of halogens is 3. The molecular formula is C31H32F3N3O7S. The van der Waals surface area contributed by atoms with Crippen LogP contribution in [0.1, 0.15) is 56.1 Å². The normalized spacial score (nSPS) is 12.9. The van der Waals surface area contributed by atoms with Gasteiger partial charge in [0.2, 0.25) is 5.88 Å². The first-order valence-corrected chi connectivity index (χ1v) is 15.2. The second-order valence-electron chi connectivity index (χ2n) is 11.1. The maximum Gasteiger partial charge on any atom is 0.534 e. The number of fused-ring (bicyclic) bond motifs is 1. The van der Waals surface area contributed by atoms with Gasteiger partial charge in [-0.3, -0.25) is 9.59 Å². The lowest BCUT2D eigenvalue weighted by molar-refractivity contribution is -0.154. The van der Waals surface area contributed by atoms with Gasteiger partial charge in [0.15, 0.2) is 0 Å². The molecule has 1 amide bonds. The van der Waals surface area contributed by atoms with Gasteiger partial charge in [0.05, 0.1) is 25.3 Å². The van der Waals surface area contributed by atoms with Crippen molar-refractivity contribution >= 4 is 32.8 Å². The number of hydrogen-bond acceptors (Lipinski definition) is 8. The minimum Gasteiger partial charge on any atom is -0.497 e. The Morgan fingerprint density at radius 2 is 1.60 bits per heavy atom. The molecule has 4 rings (SSSR count). The molecule has 1 unspecified atom stereocenters. The van der Waals surface area contributed by atoms with Gasteiger partial charge in [-0.1, -0.05) is 30.3 Å². The number of nitrogens with one attached hydrogen (secondary N) is 1. The van der Waals surface area contributed by atoms with E-state index in [9.17, 15) is 31.2 Å². The molecule has 0 fully saturated rings. The lowest BCUT2D eigenvalue weighted by Gasteiger charge is -2.19. The lowest BCUT2D eigenvalue weighted by Crippen LogP contribution is -2.29. The second-order valence-corrected chi connectivity index (χ2v) is 12.7. The minimum atomic E-state index is -6.00. The highest BCUT2D eigenvalue weighted by Gasteiger charge is 2.49. The van der Waals surface area contributed by atoms with Crippen molar-refractivity contribution in [2.24, 2.45) is 0 Å². The fourth-order valence-electron chi connectivity index (χ4n) is 4.35. The zero-order valence-electron chi connectivity index (χ0n) is 25.1. The molecule has 0 aliphatic carbocycles. The van der Waals surface area contributed by atoms with Crippen molar-refractivity contribution in [1.29, 1.82) is 0 Å². The quantitative estimate of drug-likeness (QED) is 0.126. The zero-order chi connectivity index (χ0) is 33.2. The first-order chi connectivity index (χ1) is 21.0. The summed E-state index contributed by atoms with van der Waals surface area (Å²) in [6, 6.07) is 17.0. The number of aromatic nitrogens is 2. The van der Waals surface area contributed by atoms with Crippen molar-refractivity contribution in [3.05, 3.63) is 77.9 Å². The molecule has 3 aromatic carbocycles. The zero-order valence-corrected chi connectivity index (χ0v) is 26.0. The second kappa shape index (κ2) is 12.8. The van der Waals surface area contributed by atoms with Gasteiger partial charge < -0.3 is 19.0 Å². The number of alkyl halides is 3. The molecule has 0 aliphatic heterocycles. The summed E-state index contributed by atoms with van der Waals surface area (Å²) in [5.41, 5.74) is -4.87. The van der Waals surface area contributed by atoms with Crippen molar-refractivity contribution in [3.63, 3.8) is 0 Å². The van der Waals surface area contributed by atoms with E-state index in [2.05, 4.69) is 14.6 Å². The topological polar surface area (TPSA) is 126 Å². The van der Waals surface area contributed by atoms with Gasteiger partial charge in [-0.25, -0.2) is 4.68 Å². The highest BCUT2D eigenvalue weighted by atomic mass is 32.2. The number of ether oxygens (including phenoxy) is 2. The fourth-order valence-corrected chi connectivity index (χ4v) is 4.80. The number of rotatable bonds is 10. The van der Waals surface area contributed by atoms with Crippen molar-refractivity contribution in [2.45, 2.75) is 51.3 Å². The Morgan fingerprint density at radius 1 is 0.956 bits per heavy atom. The molecule has 1 N–H and O–H groups in total. The molecule has 0 spiro atoms. The first-order valence-electron chi connectivity index (χ1n) is 13.8. The molecule has 1 aromatic heterocycles. The first kappa shape index (κ1) is 33.3.